The monoisotopic (exact) mass is 354 g/mol. The Kier molecular flexibility index (Phi) is 6.05. The van der Waals surface area contributed by atoms with Crippen LogP contribution in [0.2, 0.25) is 0 Å². The molecule has 3 aliphatic rings. The molecule has 1 saturated heterocycles. The summed E-state index contributed by atoms with van der Waals surface area (Å²) in [6, 6.07) is 7.04. The molecular weight excluding hydrogens is 327 g/mol. The van der Waals surface area contributed by atoms with Gasteiger partial charge < -0.3 is 4.90 Å². The van der Waals surface area contributed by atoms with Crippen LogP contribution in [0.4, 0.5) is 5.69 Å². The predicted octanol–water partition coefficient (Wildman–Crippen LogP) is 4.28. The van der Waals surface area contributed by atoms with Gasteiger partial charge in [0.15, 0.2) is 0 Å². The normalized spacial score (nSPS) is 24.9. The van der Waals surface area contributed by atoms with Crippen molar-refractivity contribution in [3.8, 4) is 0 Å². The Morgan fingerprint density at radius 3 is 2.78 bits per heavy atom. The van der Waals surface area contributed by atoms with Crippen LogP contribution in [0, 0.1) is 5.92 Å². The first-order valence-electron chi connectivity index (χ1n) is 8.45. The summed E-state index contributed by atoms with van der Waals surface area (Å²) in [5.74, 6) is 1.59. The molecule has 4 heteroatoms. The van der Waals surface area contributed by atoms with Gasteiger partial charge >= 0.3 is 0 Å². The van der Waals surface area contributed by atoms with Crippen LogP contribution in [-0.2, 0) is 6.42 Å². The van der Waals surface area contributed by atoms with E-state index in [1.165, 1.54) is 44.6 Å². The third-order valence-corrected chi connectivity index (χ3v) is 5.47. The second-order valence-corrected chi connectivity index (χ2v) is 7.27. The number of hydrogen-bond donors (Lipinski definition) is 0. The third kappa shape index (κ3) is 3.40. The molecule has 0 spiro atoms. The molecule has 23 heavy (non-hydrogen) atoms. The molecule has 2 nitrogen and oxygen atoms in total. The third-order valence-electron chi connectivity index (χ3n) is 5.47. The van der Waals surface area contributed by atoms with Crippen molar-refractivity contribution >= 4 is 30.5 Å². The van der Waals surface area contributed by atoms with Crippen LogP contribution in [0.15, 0.2) is 29.8 Å². The summed E-state index contributed by atoms with van der Waals surface area (Å²) in [4.78, 5) is 5.33. The van der Waals surface area contributed by atoms with Gasteiger partial charge in [-0.2, -0.15) is 0 Å². The fourth-order valence-corrected chi connectivity index (χ4v) is 4.49. The molecule has 0 N–H and O–H groups in total. The molecule has 0 aromatic heterocycles. The van der Waals surface area contributed by atoms with E-state index in [1.807, 2.05) is 0 Å². The number of nitrogens with zero attached hydrogens (tertiary/aromatic N) is 2. The zero-order valence-electron chi connectivity index (χ0n) is 14.1. The van der Waals surface area contributed by atoms with E-state index in [0.29, 0.717) is 0 Å². The lowest BCUT2D eigenvalue weighted by Gasteiger charge is -2.41. The van der Waals surface area contributed by atoms with E-state index in [2.05, 4.69) is 47.9 Å². The standard InChI is InChI=1S/C19H26N2.2ClH/c1-14(2)8-10-20-11-16-12-21-9-4-6-15-5-3-7-17(19(15)21)18(16)13-20;;/h3,5,7-8,16,18H,4,6,9-13H2,1-2H3;2*1H/t16-,18-;;/m1../s1. The number of para-hydroxylation sites is 1. The largest absolute Gasteiger partial charge is 0.371 e. The van der Waals surface area contributed by atoms with Crippen molar-refractivity contribution < 1.29 is 0 Å². The van der Waals surface area contributed by atoms with Crippen LogP contribution in [0.1, 0.15) is 37.3 Å². The van der Waals surface area contributed by atoms with Gasteiger partial charge in [-0.1, -0.05) is 29.8 Å². The maximum Gasteiger partial charge on any atom is 0.0434 e. The minimum absolute atomic E-state index is 0. The van der Waals surface area contributed by atoms with E-state index >= 15 is 0 Å². The lowest BCUT2D eigenvalue weighted by atomic mass is 9.80. The Morgan fingerprint density at radius 1 is 1.17 bits per heavy atom. The topological polar surface area (TPSA) is 6.48 Å². The van der Waals surface area contributed by atoms with Crippen LogP contribution < -0.4 is 4.90 Å². The highest BCUT2D eigenvalue weighted by Gasteiger charge is 2.41. The number of benzene rings is 1. The van der Waals surface area contributed by atoms with Crippen molar-refractivity contribution in [3.05, 3.63) is 41.0 Å². The molecule has 1 aromatic carbocycles. The van der Waals surface area contributed by atoms with Crippen LogP contribution in [0.5, 0.6) is 0 Å². The quantitative estimate of drug-likeness (QED) is 0.731. The number of hydrogen-bond acceptors (Lipinski definition) is 2. The first-order valence-corrected chi connectivity index (χ1v) is 8.45. The summed E-state index contributed by atoms with van der Waals surface area (Å²) in [7, 11) is 0. The summed E-state index contributed by atoms with van der Waals surface area (Å²) in [5, 5.41) is 0. The predicted molar refractivity (Wildman–Crippen MR) is 104 cm³/mol. The van der Waals surface area contributed by atoms with Crippen molar-refractivity contribution in [1.82, 2.24) is 4.90 Å². The molecule has 3 aliphatic heterocycles. The SMILES string of the molecule is CC(C)=CCN1C[C@@H]2CN3CCCc4cccc(c43)[C@@H]2C1.Cl.Cl. The first kappa shape index (κ1) is 18.6. The Bertz CT molecular complexity index is 581. The maximum absolute atomic E-state index is 2.68. The second-order valence-electron chi connectivity index (χ2n) is 7.27. The van der Waals surface area contributed by atoms with E-state index in [4.69, 9.17) is 0 Å². The molecule has 1 aromatic rings. The number of rotatable bonds is 2. The maximum atomic E-state index is 2.68. The smallest absolute Gasteiger partial charge is 0.0434 e. The van der Waals surface area contributed by atoms with Gasteiger partial charge in [0.05, 0.1) is 0 Å². The van der Waals surface area contributed by atoms with Crippen molar-refractivity contribution in [1.29, 1.82) is 0 Å². The zero-order chi connectivity index (χ0) is 14.4. The fourth-order valence-electron chi connectivity index (χ4n) is 4.49. The fraction of sp³-hybridized carbons (Fsp3) is 0.579. The number of aryl methyl sites for hydroxylation is 1. The van der Waals surface area contributed by atoms with E-state index in [0.717, 1.165) is 18.4 Å². The van der Waals surface area contributed by atoms with Gasteiger partial charge in [-0.25, -0.2) is 0 Å². The molecule has 0 aliphatic carbocycles. The van der Waals surface area contributed by atoms with Gasteiger partial charge in [-0.3, -0.25) is 4.90 Å². The highest BCUT2D eigenvalue weighted by Crippen LogP contribution is 2.45. The summed E-state index contributed by atoms with van der Waals surface area (Å²) >= 11 is 0. The average Bonchev–Trinajstić information content (AvgIpc) is 2.89. The highest BCUT2D eigenvalue weighted by atomic mass is 35.5. The van der Waals surface area contributed by atoms with Crippen molar-refractivity contribution in [2.75, 3.05) is 37.6 Å². The van der Waals surface area contributed by atoms with E-state index < -0.39 is 0 Å². The Hall–Kier alpha value is -0.700. The molecule has 3 heterocycles. The number of allylic oxidation sites excluding steroid dienone is 1. The summed E-state index contributed by atoms with van der Waals surface area (Å²) in [6.07, 6.45) is 4.98. The number of halogens is 2. The van der Waals surface area contributed by atoms with Crippen LogP contribution in [-0.4, -0.2) is 37.6 Å². The first-order chi connectivity index (χ1) is 10.2. The van der Waals surface area contributed by atoms with Crippen LogP contribution in [0.25, 0.3) is 0 Å². The Balaban J connectivity index is 0.000000960. The van der Waals surface area contributed by atoms with Gasteiger partial charge in [-0.05, 0) is 43.7 Å². The second kappa shape index (κ2) is 7.46. The molecule has 0 bridgehead atoms. The van der Waals surface area contributed by atoms with Gasteiger partial charge in [0.1, 0.15) is 0 Å². The molecule has 1 fully saturated rings. The Labute approximate surface area is 152 Å². The summed E-state index contributed by atoms with van der Waals surface area (Å²) < 4.78 is 0. The van der Waals surface area contributed by atoms with Gasteiger partial charge in [-0.15, -0.1) is 24.8 Å². The molecule has 0 unspecified atom stereocenters. The summed E-state index contributed by atoms with van der Waals surface area (Å²) in [5.41, 5.74) is 6.28. The number of fused-ring (bicyclic) bond motifs is 2. The highest BCUT2D eigenvalue weighted by molar-refractivity contribution is 5.85. The molecular formula is C19H28Cl2N2. The van der Waals surface area contributed by atoms with E-state index in [9.17, 15) is 0 Å². The molecule has 0 amide bonds. The minimum Gasteiger partial charge on any atom is -0.371 e. The number of likely N-dealkylation sites (tertiary alicyclic amines) is 1. The molecule has 2 atom stereocenters. The average molecular weight is 355 g/mol. The van der Waals surface area contributed by atoms with Crippen molar-refractivity contribution in [3.63, 3.8) is 0 Å². The van der Waals surface area contributed by atoms with E-state index in [-0.39, 0.29) is 24.8 Å². The lowest BCUT2D eigenvalue weighted by molar-refractivity contribution is 0.358. The molecule has 4 rings (SSSR count). The van der Waals surface area contributed by atoms with Crippen LogP contribution >= 0.6 is 24.8 Å². The van der Waals surface area contributed by atoms with Crippen molar-refractivity contribution in [2.45, 2.75) is 32.6 Å². The van der Waals surface area contributed by atoms with Gasteiger partial charge in [0, 0.05) is 44.3 Å². The van der Waals surface area contributed by atoms with E-state index in [1.54, 1.807) is 16.8 Å². The molecule has 128 valence electrons. The van der Waals surface area contributed by atoms with Gasteiger partial charge in [0.2, 0.25) is 0 Å². The van der Waals surface area contributed by atoms with Gasteiger partial charge in [0.25, 0.3) is 0 Å². The van der Waals surface area contributed by atoms with Crippen molar-refractivity contribution in [2.24, 2.45) is 5.92 Å². The Morgan fingerprint density at radius 2 is 2.00 bits per heavy atom. The number of anilines is 1. The zero-order valence-corrected chi connectivity index (χ0v) is 15.8. The molecule has 0 saturated carbocycles. The summed E-state index contributed by atoms with van der Waals surface area (Å²) in [6.45, 7) is 10.6. The lowest BCUT2D eigenvalue weighted by Crippen LogP contribution is -2.40. The molecule has 0 radical (unpaired) electrons. The van der Waals surface area contributed by atoms with Crippen LogP contribution in [0.3, 0.4) is 0 Å². The minimum atomic E-state index is 0.